The Hall–Kier alpha value is -1.10. The van der Waals surface area contributed by atoms with Crippen LogP contribution in [-0.4, -0.2) is 114 Å². The number of nitrogens with one attached hydrogen (secondary N) is 1. The first kappa shape index (κ1) is 27.5. The van der Waals surface area contributed by atoms with Gasteiger partial charge in [-0.15, -0.1) is 0 Å². The number of carbonyl (C=O) groups excluding carboxylic acids is 1. The van der Waals surface area contributed by atoms with Crippen LogP contribution in [0.2, 0.25) is 0 Å². The molecule has 3 N–H and O–H groups in total. The largest absolute Gasteiger partial charge is 0.471 e. The SMILES string of the molecule is CC1(C)O[C@@H]2[C@@H](NC(=O)C(F)(F)F)[C@H]3OC[C@](COCCOCCOCCOCCN)(O3)[C@@H]2O1. The van der Waals surface area contributed by atoms with Crippen LogP contribution in [0.3, 0.4) is 0 Å². The summed E-state index contributed by atoms with van der Waals surface area (Å²) >= 11 is 0. The summed E-state index contributed by atoms with van der Waals surface area (Å²) in [5.74, 6) is -3.19. The van der Waals surface area contributed by atoms with Crippen molar-refractivity contribution >= 4 is 5.91 Å². The van der Waals surface area contributed by atoms with Crippen LogP contribution in [0.5, 0.6) is 0 Å². The number of alkyl halides is 3. The van der Waals surface area contributed by atoms with Gasteiger partial charge in [-0.3, -0.25) is 4.79 Å². The normalized spacial score (nSPS) is 32.1. The van der Waals surface area contributed by atoms with Gasteiger partial charge in [-0.2, -0.15) is 13.2 Å². The molecule has 0 radical (unpaired) electrons. The van der Waals surface area contributed by atoms with Gasteiger partial charge in [0.05, 0.1) is 59.5 Å². The van der Waals surface area contributed by atoms with Crippen molar-refractivity contribution in [3.63, 3.8) is 0 Å². The Morgan fingerprint density at radius 3 is 2.15 bits per heavy atom. The quantitative estimate of drug-likeness (QED) is 0.306. The van der Waals surface area contributed by atoms with Crippen molar-refractivity contribution in [2.75, 3.05) is 66.0 Å². The van der Waals surface area contributed by atoms with Gasteiger partial charge in [-0.05, 0) is 13.8 Å². The Morgan fingerprint density at radius 1 is 0.971 bits per heavy atom. The standard InChI is InChI=1S/C20H33F3N2O9/c1-18(2)32-14-13(25-17(26)20(21,22)23)16-31-12-19(34-16,15(14)33-18)11-30-10-9-29-8-7-28-6-5-27-4-3-24/h13-16H,3-12,24H2,1-2H3,(H,25,26)/t13-,14-,15-,16+,19+/m1/s1. The molecule has 198 valence electrons. The van der Waals surface area contributed by atoms with E-state index in [-0.39, 0.29) is 19.8 Å². The fraction of sp³-hybridized carbons (Fsp3) is 0.950. The van der Waals surface area contributed by atoms with E-state index < -0.39 is 48.0 Å². The lowest BCUT2D eigenvalue weighted by atomic mass is 9.88. The summed E-state index contributed by atoms with van der Waals surface area (Å²) in [4.78, 5) is 11.5. The summed E-state index contributed by atoms with van der Waals surface area (Å²) < 4.78 is 83.3. The zero-order valence-corrected chi connectivity index (χ0v) is 19.3. The maximum absolute atomic E-state index is 12.8. The van der Waals surface area contributed by atoms with E-state index in [4.69, 9.17) is 43.6 Å². The van der Waals surface area contributed by atoms with Crippen LogP contribution in [0.1, 0.15) is 13.8 Å². The molecule has 0 aromatic heterocycles. The molecule has 0 spiro atoms. The molecule has 34 heavy (non-hydrogen) atoms. The van der Waals surface area contributed by atoms with Crippen molar-refractivity contribution < 1.29 is 55.9 Å². The molecular weight excluding hydrogens is 469 g/mol. The number of hydrogen-bond donors (Lipinski definition) is 2. The molecular formula is C20H33F3N2O9. The highest BCUT2D eigenvalue weighted by molar-refractivity contribution is 5.82. The van der Waals surface area contributed by atoms with Gasteiger partial charge < -0.3 is 48.9 Å². The summed E-state index contributed by atoms with van der Waals surface area (Å²) in [6.45, 7) is 6.54. The number of nitrogens with two attached hydrogens (primary N) is 1. The average Bonchev–Trinajstić information content (AvgIpc) is 3.31. The highest BCUT2D eigenvalue weighted by Gasteiger charge is 2.66. The van der Waals surface area contributed by atoms with Gasteiger partial charge in [0.25, 0.3) is 0 Å². The van der Waals surface area contributed by atoms with Crippen LogP contribution < -0.4 is 11.1 Å². The van der Waals surface area contributed by atoms with E-state index in [1.54, 1.807) is 13.8 Å². The molecule has 0 saturated carbocycles. The van der Waals surface area contributed by atoms with Crippen LogP contribution >= 0.6 is 0 Å². The second-order valence-corrected chi connectivity index (χ2v) is 8.56. The molecule has 0 aromatic carbocycles. The van der Waals surface area contributed by atoms with Gasteiger partial charge in [0.2, 0.25) is 0 Å². The first-order valence-electron chi connectivity index (χ1n) is 11.1. The predicted molar refractivity (Wildman–Crippen MR) is 108 cm³/mol. The van der Waals surface area contributed by atoms with Crippen molar-refractivity contribution in [3.05, 3.63) is 0 Å². The topological polar surface area (TPSA) is 129 Å². The number of amides is 1. The summed E-state index contributed by atoms with van der Waals surface area (Å²) in [6.07, 6.45) is -7.90. The van der Waals surface area contributed by atoms with Gasteiger partial charge in [0.1, 0.15) is 23.9 Å². The van der Waals surface area contributed by atoms with E-state index in [0.29, 0.717) is 46.2 Å². The van der Waals surface area contributed by atoms with Crippen molar-refractivity contribution in [3.8, 4) is 0 Å². The number of fused-ring (bicyclic) bond motifs is 4. The molecule has 2 bridgehead atoms. The van der Waals surface area contributed by atoms with Gasteiger partial charge in [0.15, 0.2) is 12.1 Å². The minimum absolute atomic E-state index is 0.0115. The molecule has 0 aliphatic carbocycles. The Balaban J connectivity index is 1.43. The van der Waals surface area contributed by atoms with Crippen LogP contribution in [0, 0.1) is 0 Å². The summed E-state index contributed by atoms with van der Waals surface area (Å²) in [5, 5.41) is 1.92. The van der Waals surface area contributed by atoms with Crippen LogP contribution in [0.15, 0.2) is 0 Å². The molecule has 11 nitrogen and oxygen atoms in total. The predicted octanol–water partition coefficient (Wildman–Crippen LogP) is -0.296. The van der Waals surface area contributed by atoms with Crippen molar-refractivity contribution in [2.45, 2.75) is 56.0 Å². The lowest BCUT2D eigenvalue weighted by Crippen LogP contribution is -2.66. The molecule has 0 unspecified atom stereocenters. The lowest BCUT2D eigenvalue weighted by molar-refractivity contribution is -0.218. The summed E-state index contributed by atoms with van der Waals surface area (Å²) in [6, 6.07) is -1.19. The Bertz CT molecular complexity index is 670. The number of rotatable bonds is 14. The third kappa shape index (κ3) is 6.98. The van der Waals surface area contributed by atoms with Crippen molar-refractivity contribution in [1.29, 1.82) is 0 Å². The second kappa shape index (κ2) is 11.8. The van der Waals surface area contributed by atoms with E-state index in [9.17, 15) is 18.0 Å². The third-order valence-electron chi connectivity index (χ3n) is 5.42. The molecule has 3 saturated heterocycles. The first-order chi connectivity index (χ1) is 16.1. The van der Waals surface area contributed by atoms with Crippen LogP contribution in [0.4, 0.5) is 13.2 Å². The Kier molecular flexibility index (Phi) is 9.50. The number of ether oxygens (including phenoxy) is 8. The van der Waals surface area contributed by atoms with Gasteiger partial charge in [-0.25, -0.2) is 0 Å². The molecule has 14 heteroatoms. The third-order valence-corrected chi connectivity index (χ3v) is 5.42. The highest BCUT2D eigenvalue weighted by Crippen LogP contribution is 2.46. The van der Waals surface area contributed by atoms with Gasteiger partial charge in [0, 0.05) is 6.54 Å². The van der Waals surface area contributed by atoms with E-state index in [1.807, 2.05) is 5.32 Å². The van der Waals surface area contributed by atoms with Crippen LogP contribution in [-0.2, 0) is 42.7 Å². The maximum atomic E-state index is 12.8. The zero-order valence-electron chi connectivity index (χ0n) is 19.3. The molecule has 3 aliphatic rings. The molecule has 3 heterocycles. The fourth-order valence-electron chi connectivity index (χ4n) is 3.99. The molecule has 3 aliphatic heterocycles. The summed E-state index contributed by atoms with van der Waals surface area (Å²) in [7, 11) is 0. The fourth-order valence-corrected chi connectivity index (χ4v) is 3.99. The van der Waals surface area contributed by atoms with Gasteiger partial charge in [-0.1, -0.05) is 0 Å². The van der Waals surface area contributed by atoms with Gasteiger partial charge >= 0.3 is 12.1 Å². The van der Waals surface area contributed by atoms with E-state index in [1.165, 1.54) is 0 Å². The molecule has 1 amide bonds. The van der Waals surface area contributed by atoms with E-state index >= 15 is 0 Å². The maximum Gasteiger partial charge on any atom is 0.471 e. The van der Waals surface area contributed by atoms with E-state index in [0.717, 1.165) is 0 Å². The molecule has 3 fully saturated rings. The molecule has 5 atom stereocenters. The first-order valence-corrected chi connectivity index (χ1v) is 11.1. The summed E-state index contributed by atoms with van der Waals surface area (Å²) in [5.41, 5.74) is 4.22. The van der Waals surface area contributed by atoms with Crippen molar-refractivity contribution in [2.24, 2.45) is 5.73 Å². The second-order valence-electron chi connectivity index (χ2n) is 8.56. The Labute approximate surface area is 195 Å². The number of hydrogen-bond acceptors (Lipinski definition) is 10. The monoisotopic (exact) mass is 502 g/mol. The minimum Gasteiger partial charge on any atom is -0.378 e. The average molecular weight is 502 g/mol. The van der Waals surface area contributed by atoms with Crippen LogP contribution in [0.25, 0.3) is 0 Å². The number of carbonyl (C=O) groups is 1. The smallest absolute Gasteiger partial charge is 0.378 e. The lowest BCUT2D eigenvalue weighted by Gasteiger charge is -2.42. The van der Waals surface area contributed by atoms with E-state index in [2.05, 4.69) is 0 Å². The highest BCUT2D eigenvalue weighted by atomic mass is 19.4. The molecule has 0 aromatic rings. The minimum atomic E-state index is -5.05. The Morgan fingerprint density at radius 2 is 1.56 bits per heavy atom. The zero-order chi connectivity index (χ0) is 24.8. The number of halogens is 3. The molecule has 3 rings (SSSR count). The van der Waals surface area contributed by atoms with Crippen molar-refractivity contribution in [1.82, 2.24) is 5.32 Å².